The molecule has 1 fully saturated rings. The number of carbonyl (C=O) groups excluding carboxylic acids is 1. The van der Waals surface area contributed by atoms with Crippen LogP contribution < -0.4 is 10.1 Å². The number of rotatable bonds is 6. The van der Waals surface area contributed by atoms with E-state index in [1.807, 2.05) is 47.8 Å². The molecule has 0 aliphatic carbocycles. The molecule has 2 aromatic carbocycles. The van der Waals surface area contributed by atoms with Gasteiger partial charge in [-0.1, -0.05) is 18.2 Å². The Morgan fingerprint density at radius 3 is 2.54 bits per heavy atom. The standard InChI is InChI=1S/C19H19F2NO2S2/c1-12(16-7-4-14(20)10-17(16)21)22-18(23)11-24-15-5-2-13(3-6-15)19-25-8-9-26-19/h2-7,10,12,19H,8-9,11H2,1H3,(H,22,23)/t12-/m0/s1. The third kappa shape index (κ3) is 4.92. The van der Waals surface area contributed by atoms with E-state index >= 15 is 0 Å². The molecule has 1 aliphatic heterocycles. The predicted octanol–water partition coefficient (Wildman–Crippen LogP) is 4.70. The van der Waals surface area contributed by atoms with E-state index in [-0.39, 0.29) is 18.1 Å². The Kier molecular flexibility index (Phi) is 6.43. The molecule has 0 radical (unpaired) electrons. The molecule has 138 valence electrons. The van der Waals surface area contributed by atoms with E-state index in [1.54, 1.807) is 6.92 Å². The summed E-state index contributed by atoms with van der Waals surface area (Å²) in [7, 11) is 0. The van der Waals surface area contributed by atoms with E-state index in [9.17, 15) is 13.6 Å². The smallest absolute Gasteiger partial charge is 0.258 e. The third-order valence-electron chi connectivity index (χ3n) is 3.95. The number of ether oxygens (including phenoxy) is 1. The summed E-state index contributed by atoms with van der Waals surface area (Å²) in [6, 6.07) is 10.5. The largest absolute Gasteiger partial charge is 0.484 e. The number of carbonyl (C=O) groups is 1. The second-order valence-corrected chi connectivity index (χ2v) is 8.61. The van der Waals surface area contributed by atoms with E-state index in [1.165, 1.54) is 29.2 Å². The number of hydrogen-bond donors (Lipinski definition) is 1. The molecule has 1 N–H and O–H groups in total. The Morgan fingerprint density at radius 1 is 1.19 bits per heavy atom. The fourth-order valence-electron chi connectivity index (χ4n) is 2.63. The number of thioether (sulfide) groups is 2. The number of halogens is 2. The van der Waals surface area contributed by atoms with Gasteiger partial charge >= 0.3 is 0 Å². The third-order valence-corrected chi connectivity index (χ3v) is 7.05. The van der Waals surface area contributed by atoms with E-state index in [0.717, 1.165) is 6.07 Å². The predicted molar refractivity (Wildman–Crippen MR) is 103 cm³/mol. The first-order chi connectivity index (χ1) is 12.5. The highest BCUT2D eigenvalue weighted by atomic mass is 32.2. The molecule has 0 saturated carbocycles. The molecule has 26 heavy (non-hydrogen) atoms. The summed E-state index contributed by atoms with van der Waals surface area (Å²) in [5.74, 6) is 1.24. The summed E-state index contributed by atoms with van der Waals surface area (Å²) in [6.07, 6.45) is 0. The fraction of sp³-hybridized carbons (Fsp3) is 0.316. The lowest BCUT2D eigenvalue weighted by molar-refractivity contribution is -0.123. The van der Waals surface area contributed by atoms with Crippen molar-refractivity contribution in [3.05, 3.63) is 65.2 Å². The van der Waals surface area contributed by atoms with Gasteiger partial charge in [0, 0.05) is 23.1 Å². The zero-order valence-corrected chi connectivity index (χ0v) is 15.8. The molecule has 0 bridgehead atoms. The molecule has 1 saturated heterocycles. The van der Waals surface area contributed by atoms with Crippen LogP contribution in [0.15, 0.2) is 42.5 Å². The summed E-state index contributed by atoms with van der Waals surface area (Å²) in [5.41, 5.74) is 1.48. The topological polar surface area (TPSA) is 38.3 Å². The normalized spacial score (nSPS) is 15.7. The Hall–Kier alpha value is -1.73. The van der Waals surface area contributed by atoms with Crippen molar-refractivity contribution >= 4 is 29.4 Å². The van der Waals surface area contributed by atoms with Crippen molar-refractivity contribution < 1.29 is 18.3 Å². The minimum atomic E-state index is -0.683. The maximum absolute atomic E-state index is 13.7. The Morgan fingerprint density at radius 2 is 1.88 bits per heavy atom. The minimum Gasteiger partial charge on any atom is -0.484 e. The first-order valence-corrected chi connectivity index (χ1v) is 10.3. The van der Waals surface area contributed by atoms with Gasteiger partial charge in [-0.05, 0) is 30.7 Å². The molecule has 0 unspecified atom stereocenters. The van der Waals surface area contributed by atoms with Gasteiger partial charge in [-0.3, -0.25) is 4.79 Å². The number of nitrogens with one attached hydrogen (secondary N) is 1. The summed E-state index contributed by atoms with van der Waals surface area (Å²) < 4.78 is 32.7. The van der Waals surface area contributed by atoms with Gasteiger partial charge < -0.3 is 10.1 Å². The Bertz CT molecular complexity index is 765. The van der Waals surface area contributed by atoms with Crippen LogP contribution in [-0.2, 0) is 4.79 Å². The van der Waals surface area contributed by atoms with Crippen molar-refractivity contribution in [2.75, 3.05) is 18.1 Å². The van der Waals surface area contributed by atoms with Crippen molar-refractivity contribution in [2.24, 2.45) is 0 Å². The zero-order valence-electron chi connectivity index (χ0n) is 14.2. The van der Waals surface area contributed by atoms with Crippen LogP contribution in [0.25, 0.3) is 0 Å². The number of hydrogen-bond acceptors (Lipinski definition) is 4. The molecular formula is C19H19F2NO2S2. The van der Waals surface area contributed by atoms with Crippen LogP contribution in [0.1, 0.15) is 28.7 Å². The van der Waals surface area contributed by atoms with Gasteiger partial charge in [0.1, 0.15) is 17.4 Å². The van der Waals surface area contributed by atoms with Crippen LogP contribution in [-0.4, -0.2) is 24.0 Å². The molecule has 1 heterocycles. The molecule has 2 aromatic rings. The lowest BCUT2D eigenvalue weighted by Crippen LogP contribution is -2.31. The average molecular weight is 395 g/mol. The van der Waals surface area contributed by atoms with E-state index in [2.05, 4.69) is 5.32 Å². The summed E-state index contributed by atoms with van der Waals surface area (Å²) in [6.45, 7) is 1.47. The van der Waals surface area contributed by atoms with Gasteiger partial charge in [-0.25, -0.2) is 8.78 Å². The van der Waals surface area contributed by atoms with Crippen LogP contribution in [0.3, 0.4) is 0 Å². The molecule has 1 amide bonds. The highest BCUT2D eigenvalue weighted by Gasteiger charge is 2.18. The van der Waals surface area contributed by atoms with Gasteiger partial charge in [0.2, 0.25) is 0 Å². The maximum atomic E-state index is 13.7. The molecular weight excluding hydrogens is 376 g/mol. The van der Waals surface area contributed by atoms with Crippen molar-refractivity contribution in [1.82, 2.24) is 5.32 Å². The van der Waals surface area contributed by atoms with Crippen LogP contribution >= 0.6 is 23.5 Å². The Labute approximate surface area is 159 Å². The van der Waals surface area contributed by atoms with Crippen LogP contribution in [0.2, 0.25) is 0 Å². The lowest BCUT2D eigenvalue weighted by atomic mass is 10.1. The van der Waals surface area contributed by atoms with E-state index < -0.39 is 17.7 Å². The number of amides is 1. The van der Waals surface area contributed by atoms with Crippen LogP contribution in [0, 0.1) is 11.6 Å². The first-order valence-electron chi connectivity index (χ1n) is 8.23. The molecule has 3 rings (SSSR count). The van der Waals surface area contributed by atoms with Crippen molar-refractivity contribution in [1.29, 1.82) is 0 Å². The van der Waals surface area contributed by atoms with Gasteiger partial charge in [0.05, 0.1) is 10.6 Å². The van der Waals surface area contributed by atoms with Gasteiger partial charge in [-0.15, -0.1) is 23.5 Å². The maximum Gasteiger partial charge on any atom is 0.258 e. The van der Waals surface area contributed by atoms with E-state index in [4.69, 9.17) is 4.74 Å². The molecule has 7 heteroatoms. The quantitative estimate of drug-likeness (QED) is 0.769. The molecule has 3 nitrogen and oxygen atoms in total. The van der Waals surface area contributed by atoms with Crippen LogP contribution in [0.5, 0.6) is 5.75 Å². The highest BCUT2D eigenvalue weighted by Crippen LogP contribution is 2.45. The van der Waals surface area contributed by atoms with Crippen molar-refractivity contribution in [3.8, 4) is 5.75 Å². The first kappa shape index (κ1) is 19.0. The average Bonchev–Trinajstić information content (AvgIpc) is 3.15. The lowest BCUT2D eigenvalue weighted by Gasteiger charge is -2.16. The molecule has 1 atom stereocenters. The minimum absolute atomic E-state index is 0.167. The van der Waals surface area contributed by atoms with Gasteiger partial charge in [0.25, 0.3) is 5.91 Å². The fourth-order valence-corrected chi connectivity index (χ4v) is 5.49. The van der Waals surface area contributed by atoms with Gasteiger partial charge in [-0.2, -0.15) is 0 Å². The highest BCUT2D eigenvalue weighted by molar-refractivity contribution is 8.19. The van der Waals surface area contributed by atoms with Crippen LogP contribution in [0.4, 0.5) is 8.78 Å². The van der Waals surface area contributed by atoms with Crippen molar-refractivity contribution in [3.63, 3.8) is 0 Å². The van der Waals surface area contributed by atoms with Crippen molar-refractivity contribution in [2.45, 2.75) is 17.5 Å². The van der Waals surface area contributed by atoms with E-state index in [0.29, 0.717) is 10.3 Å². The Balaban J connectivity index is 1.50. The number of benzene rings is 2. The monoisotopic (exact) mass is 395 g/mol. The molecule has 1 aliphatic rings. The zero-order chi connectivity index (χ0) is 18.5. The van der Waals surface area contributed by atoms with Gasteiger partial charge in [0.15, 0.2) is 6.61 Å². The second kappa shape index (κ2) is 8.77. The molecule has 0 spiro atoms. The second-order valence-electron chi connectivity index (χ2n) is 5.89. The summed E-state index contributed by atoms with van der Waals surface area (Å²) in [5, 5.41) is 2.65. The summed E-state index contributed by atoms with van der Waals surface area (Å²) >= 11 is 3.86. The SMILES string of the molecule is C[C@H](NC(=O)COc1ccc(C2SCCS2)cc1)c1ccc(F)cc1F. The summed E-state index contributed by atoms with van der Waals surface area (Å²) in [4.78, 5) is 12.0. The molecule has 0 aromatic heterocycles.